The molecule has 0 saturated heterocycles. The lowest BCUT2D eigenvalue weighted by molar-refractivity contribution is -0.136. The van der Waals surface area contributed by atoms with Crippen LogP contribution >= 0.6 is 0 Å². The highest BCUT2D eigenvalue weighted by molar-refractivity contribution is 5.88. The fourth-order valence-electron chi connectivity index (χ4n) is 2.09. The third-order valence-corrected chi connectivity index (χ3v) is 3.53. The Labute approximate surface area is 113 Å². The summed E-state index contributed by atoms with van der Waals surface area (Å²) < 4.78 is 4.68. The number of hydrogen-bond donors (Lipinski definition) is 0. The molecule has 0 radical (unpaired) electrons. The second-order valence-corrected chi connectivity index (χ2v) is 5.18. The molecule has 0 rings (SSSR count). The van der Waals surface area contributed by atoms with Crippen molar-refractivity contribution in [1.29, 1.82) is 0 Å². The SMILES string of the molecule is C=C(C(=O)OC)C(C)CCCCCCCCCC. The quantitative estimate of drug-likeness (QED) is 0.298. The number of carbonyl (C=O) groups is 1. The first-order chi connectivity index (χ1) is 8.63. The van der Waals surface area contributed by atoms with Crippen LogP contribution in [-0.2, 0) is 9.53 Å². The molecule has 0 aromatic heterocycles. The lowest BCUT2D eigenvalue weighted by Crippen LogP contribution is -2.11. The molecule has 0 spiro atoms. The standard InChI is InChI=1S/C16H30O2/c1-5-6-7-8-9-10-11-12-13-14(2)15(3)16(17)18-4/h14H,3,5-13H2,1-2,4H3. The maximum Gasteiger partial charge on any atom is 0.333 e. The van der Waals surface area contributed by atoms with Crippen LogP contribution in [0.15, 0.2) is 12.2 Å². The molecule has 0 aromatic rings. The van der Waals surface area contributed by atoms with Gasteiger partial charge in [-0.1, -0.05) is 71.8 Å². The molecule has 0 aromatic carbocycles. The molecule has 0 fully saturated rings. The Hall–Kier alpha value is -0.790. The Balaban J connectivity index is 3.43. The Morgan fingerprint density at radius 1 is 1.06 bits per heavy atom. The zero-order valence-corrected chi connectivity index (χ0v) is 12.5. The van der Waals surface area contributed by atoms with Gasteiger partial charge in [-0.25, -0.2) is 4.79 Å². The number of ether oxygens (including phenoxy) is 1. The van der Waals surface area contributed by atoms with E-state index in [1.165, 1.54) is 58.5 Å². The predicted molar refractivity (Wildman–Crippen MR) is 77.5 cm³/mol. The fraction of sp³-hybridized carbons (Fsp3) is 0.812. The van der Waals surface area contributed by atoms with E-state index in [0.29, 0.717) is 5.57 Å². The van der Waals surface area contributed by atoms with Crippen molar-refractivity contribution in [3.63, 3.8) is 0 Å². The van der Waals surface area contributed by atoms with Crippen LogP contribution in [0.1, 0.15) is 71.6 Å². The van der Waals surface area contributed by atoms with Crippen molar-refractivity contribution in [2.75, 3.05) is 7.11 Å². The van der Waals surface area contributed by atoms with Crippen molar-refractivity contribution in [3.8, 4) is 0 Å². The zero-order chi connectivity index (χ0) is 13.8. The van der Waals surface area contributed by atoms with Gasteiger partial charge in [0.2, 0.25) is 0 Å². The van der Waals surface area contributed by atoms with E-state index in [-0.39, 0.29) is 11.9 Å². The van der Waals surface area contributed by atoms with Gasteiger partial charge in [-0.05, 0) is 12.3 Å². The van der Waals surface area contributed by atoms with Crippen LogP contribution in [0.2, 0.25) is 0 Å². The molecule has 0 saturated carbocycles. The van der Waals surface area contributed by atoms with Crippen molar-refractivity contribution in [2.24, 2.45) is 5.92 Å². The zero-order valence-electron chi connectivity index (χ0n) is 12.5. The number of unbranched alkanes of at least 4 members (excludes halogenated alkanes) is 7. The monoisotopic (exact) mass is 254 g/mol. The van der Waals surface area contributed by atoms with Crippen molar-refractivity contribution in [3.05, 3.63) is 12.2 Å². The normalized spacial score (nSPS) is 12.2. The van der Waals surface area contributed by atoms with E-state index in [1.807, 2.05) is 0 Å². The van der Waals surface area contributed by atoms with Gasteiger partial charge in [0.15, 0.2) is 0 Å². The van der Waals surface area contributed by atoms with E-state index in [0.717, 1.165) is 6.42 Å². The molecule has 1 atom stereocenters. The van der Waals surface area contributed by atoms with Gasteiger partial charge >= 0.3 is 5.97 Å². The number of methoxy groups -OCH3 is 1. The number of esters is 1. The highest BCUT2D eigenvalue weighted by Crippen LogP contribution is 2.18. The van der Waals surface area contributed by atoms with Gasteiger partial charge < -0.3 is 4.74 Å². The molecular formula is C16H30O2. The largest absolute Gasteiger partial charge is 0.466 e. The van der Waals surface area contributed by atoms with E-state index >= 15 is 0 Å². The van der Waals surface area contributed by atoms with E-state index in [4.69, 9.17) is 0 Å². The first kappa shape index (κ1) is 17.2. The predicted octanol–water partition coefficient (Wildman–Crippen LogP) is 4.88. The molecule has 0 heterocycles. The minimum atomic E-state index is -0.262. The lowest BCUT2D eigenvalue weighted by atomic mass is 9.95. The van der Waals surface area contributed by atoms with E-state index in [2.05, 4.69) is 25.2 Å². The second kappa shape index (κ2) is 11.3. The molecule has 2 heteroatoms. The van der Waals surface area contributed by atoms with Crippen LogP contribution in [0.5, 0.6) is 0 Å². The lowest BCUT2D eigenvalue weighted by Gasteiger charge is -2.12. The van der Waals surface area contributed by atoms with Gasteiger partial charge in [-0.2, -0.15) is 0 Å². The maximum absolute atomic E-state index is 11.3. The summed E-state index contributed by atoms with van der Waals surface area (Å²) in [6, 6.07) is 0. The smallest absolute Gasteiger partial charge is 0.333 e. The van der Waals surface area contributed by atoms with Crippen LogP contribution < -0.4 is 0 Å². The molecule has 0 aliphatic heterocycles. The van der Waals surface area contributed by atoms with E-state index in [1.54, 1.807) is 0 Å². The Bertz CT molecular complexity index is 233. The van der Waals surface area contributed by atoms with Gasteiger partial charge in [0, 0.05) is 5.57 Å². The molecule has 2 nitrogen and oxygen atoms in total. The summed E-state index contributed by atoms with van der Waals surface area (Å²) in [4.78, 5) is 11.3. The van der Waals surface area contributed by atoms with E-state index < -0.39 is 0 Å². The van der Waals surface area contributed by atoms with Gasteiger partial charge in [-0.15, -0.1) is 0 Å². The molecule has 0 aliphatic carbocycles. The summed E-state index contributed by atoms with van der Waals surface area (Å²) in [5.41, 5.74) is 0.612. The molecule has 0 bridgehead atoms. The summed E-state index contributed by atoms with van der Waals surface area (Å²) in [6.07, 6.45) is 11.6. The summed E-state index contributed by atoms with van der Waals surface area (Å²) in [5, 5.41) is 0. The minimum absolute atomic E-state index is 0.248. The Morgan fingerprint density at radius 3 is 2.06 bits per heavy atom. The highest BCUT2D eigenvalue weighted by atomic mass is 16.5. The van der Waals surface area contributed by atoms with Gasteiger partial charge in [0.25, 0.3) is 0 Å². The third kappa shape index (κ3) is 8.32. The van der Waals surface area contributed by atoms with Gasteiger partial charge in [0.05, 0.1) is 7.11 Å². The number of hydrogen-bond acceptors (Lipinski definition) is 2. The number of carbonyl (C=O) groups excluding carboxylic acids is 1. The Morgan fingerprint density at radius 2 is 1.56 bits per heavy atom. The molecular weight excluding hydrogens is 224 g/mol. The summed E-state index contributed by atoms with van der Waals surface area (Å²) in [6.45, 7) is 8.10. The topological polar surface area (TPSA) is 26.3 Å². The van der Waals surface area contributed by atoms with Crippen LogP contribution in [0.25, 0.3) is 0 Å². The second-order valence-electron chi connectivity index (χ2n) is 5.18. The molecule has 18 heavy (non-hydrogen) atoms. The highest BCUT2D eigenvalue weighted by Gasteiger charge is 2.14. The summed E-state index contributed by atoms with van der Waals surface area (Å²) >= 11 is 0. The third-order valence-electron chi connectivity index (χ3n) is 3.53. The van der Waals surface area contributed by atoms with Crippen molar-refractivity contribution in [2.45, 2.75) is 71.6 Å². The fourth-order valence-corrected chi connectivity index (χ4v) is 2.09. The van der Waals surface area contributed by atoms with Crippen LogP contribution in [0.3, 0.4) is 0 Å². The molecule has 0 N–H and O–H groups in total. The first-order valence-corrected chi connectivity index (χ1v) is 7.40. The Kier molecular flexibility index (Phi) is 10.8. The minimum Gasteiger partial charge on any atom is -0.466 e. The van der Waals surface area contributed by atoms with Crippen molar-refractivity contribution in [1.82, 2.24) is 0 Å². The first-order valence-electron chi connectivity index (χ1n) is 7.40. The van der Waals surface area contributed by atoms with Crippen molar-refractivity contribution >= 4 is 5.97 Å². The van der Waals surface area contributed by atoms with Crippen molar-refractivity contribution < 1.29 is 9.53 Å². The van der Waals surface area contributed by atoms with Crippen LogP contribution in [-0.4, -0.2) is 13.1 Å². The molecule has 0 aliphatic rings. The van der Waals surface area contributed by atoms with Gasteiger partial charge in [0.1, 0.15) is 0 Å². The summed E-state index contributed by atoms with van der Waals surface area (Å²) in [7, 11) is 1.41. The van der Waals surface area contributed by atoms with Crippen LogP contribution in [0, 0.1) is 5.92 Å². The molecule has 106 valence electrons. The molecule has 0 amide bonds. The average Bonchev–Trinajstić information content (AvgIpc) is 2.39. The summed E-state index contributed by atoms with van der Waals surface area (Å²) in [5.74, 6) is -0.0143. The average molecular weight is 254 g/mol. The maximum atomic E-state index is 11.3. The van der Waals surface area contributed by atoms with Gasteiger partial charge in [-0.3, -0.25) is 0 Å². The number of rotatable bonds is 11. The van der Waals surface area contributed by atoms with E-state index in [9.17, 15) is 4.79 Å². The van der Waals surface area contributed by atoms with Crippen LogP contribution in [0.4, 0.5) is 0 Å². The molecule has 1 unspecified atom stereocenters.